The van der Waals surface area contributed by atoms with E-state index in [0.717, 1.165) is 70.6 Å². The normalized spacial score (nSPS) is 40.7. The van der Waals surface area contributed by atoms with E-state index in [9.17, 15) is 24.6 Å². The van der Waals surface area contributed by atoms with Crippen LogP contribution in [0, 0.1) is 56.7 Å². The van der Waals surface area contributed by atoms with Crippen molar-refractivity contribution in [2.45, 2.75) is 163 Å². The van der Waals surface area contributed by atoms with Crippen molar-refractivity contribution in [1.82, 2.24) is 10.6 Å². The van der Waals surface area contributed by atoms with E-state index in [-0.39, 0.29) is 58.0 Å². The number of unbranched alkanes of at least 4 members (excludes halogenated alkanes) is 4. The van der Waals surface area contributed by atoms with Gasteiger partial charge < -0.3 is 26.0 Å². The van der Waals surface area contributed by atoms with Gasteiger partial charge in [-0.2, -0.15) is 0 Å². The Morgan fingerprint density at radius 3 is 2.20 bits per heavy atom. The summed E-state index contributed by atoms with van der Waals surface area (Å²) in [4.78, 5) is 37.0. The maximum atomic E-state index is 14.4. The number of hydrogen-bond acceptors (Lipinski definition) is 5. The molecule has 5 saturated carbocycles. The molecule has 50 heavy (non-hydrogen) atoms. The number of hydrogen-bond donors (Lipinski definition) is 5. The Morgan fingerprint density at radius 1 is 0.800 bits per heavy atom. The van der Waals surface area contributed by atoms with Crippen LogP contribution >= 0.6 is 0 Å². The highest BCUT2D eigenvalue weighted by molar-refractivity contribution is 5.84. The molecule has 5 aliphatic carbocycles. The molecule has 5 aliphatic rings. The van der Waals surface area contributed by atoms with Crippen molar-refractivity contribution in [3.8, 4) is 0 Å². The van der Waals surface area contributed by atoms with Crippen LogP contribution in [0.5, 0.6) is 0 Å². The van der Waals surface area contributed by atoms with Crippen LogP contribution in [-0.4, -0.2) is 58.4 Å². The predicted molar refractivity (Wildman–Crippen MR) is 197 cm³/mol. The number of aliphatic hydroxyl groups is 2. The minimum atomic E-state index is -1.08. The third-order valence-corrected chi connectivity index (χ3v) is 16.3. The molecule has 2 unspecified atom stereocenters. The lowest BCUT2D eigenvalue weighted by atomic mass is 9.32. The maximum absolute atomic E-state index is 14.4. The molecule has 11 atom stereocenters. The largest absolute Gasteiger partial charge is 0.481 e. The molecule has 5 fully saturated rings. The van der Waals surface area contributed by atoms with Gasteiger partial charge in [-0.15, -0.1) is 0 Å². The fourth-order valence-corrected chi connectivity index (χ4v) is 13.4. The Morgan fingerprint density at radius 2 is 1.50 bits per heavy atom. The summed E-state index contributed by atoms with van der Waals surface area (Å²) in [6.07, 6.45) is 14.3. The number of allylic oxidation sites excluding steroid dienone is 1. The first-order chi connectivity index (χ1) is 23.4. The maximum Gasteiger partial charge on any atom is 0.306 e. The number of aliphatic carboxylic acids is 1. The van der Waals surface area contributed by atoms with Gasteiger partial charge in [0.2, 0.25) is 11.8 Å². The summed E-state index contributed by atoms with van der Waals surface area (Å²) in [6, 6.07) is 0. The van der Waals surface area contributed by atoms with Crippen molar-refractivity contribution in [1.29, 1.82) is 0 Å². The molecule has 0 spiro atoms. The van der Waals surface area contributed by atoms with Crippen LogP contribution in [0.25, 0.3) is 0 Å². The lowest BCUT2D eigenvalue weighted by Gasteiger charge is -2.72. The van der Waals surface area contributed by atoms with Gasteiger partial charge in [0, 0.05) is 19.5 Å². The predicted octanol–water partition coefficient (Wildman–Crippen LogP) is 7.41. The van der Waals surface area contributed by atoms with E-state index in [0.29, 0.717) is 42.6 Å². The summed E-state index contributed by atoms with van der Waals surface area (Å²) >= 11 is 0. The number of carbonyl (C=O) groups is 3. The molecule has 284 valence electrons. The first kappa shape index (κ1) is 39.3. The van der Waals surface area contributed by atoms with Gasteiger partial charge >= 0.3 is 5.97 Å². The van der Waals surface area contributed by atoms with Crippen molar-refractivity contribution in [3.05, 3.63) is 12.2 Å². The van der Waals surface area contributed by atoms with E-state index >= 15 is 0 Å². The zero-order valence-corrected chi connectivity index (χ0v) is 32.2. The monoisotopic (exact) mass is 699 g/mol. The quantitative estimate of drug-likeness (QED) is 0.0947. The Hall–Kier alpha value is -1.93. The fourth-order valence-electron chi connectivity index (χ4n) is 13.4. The van der Waals surface area contributed by atoms with E-state index < -0.39 is 12.1 Å². The molecule has 5 N–H and O–H groups in total. The third kappa shape index (κ3) is 6.83. The minimum absolute atomic E-state index is 0.0375. The van der Waals surface area contributed by atoms with Crippen molar-refractivity contribution in [2.24, 2.45) is 56.7 Å². The van der Waals surface area contributed by atoms with E-state index in [1.54, 1.807) is 0 Å². The van der Waals surface area contributed by atoms with Gasteiger partial charge in [0.1, 0.15) is 0 Å². The number of rotatable bonds is 14. The number of carboxylic acids is 1. The van der Waals surface area contributed by atoms with Gasteiger partial charge in [0.05, 0.1) is 24.0 Å². The zero-order chi connectivity index (χ0) is 36.7. The number of aliphatic hydroxyl groups excluding tert-OH is 2. The number of amides is 2. The van der Waals surface area contributed by atoms with E-state index in [1.165, 1.54) is 31.3 Å². The van der Waals surface area contributed by atoms with E-state index in [2.05, 4.69) is 58.8 Å². The van der Waals surface area contributed by atoms with Gasteiger partial charge in [-0.05, 0) is 135 Å². The van der Waals surface area contributed by atoms with Crippen LogP contribution in [0.4, 0.5) is 0 Å². The summed E-state index contributed by atoms with van der Waals surface area (Å²) in [7, 11) is 0. The number of carboxylic acid groups (broad SMARTS) is 1. The molecule has 8 heteroatoms. The Labute approximate surface area is 302 Å². The van der Waals surface area contributed by atoms with Gasteiger partial charge in [-0.3, -0.25) is 14.4 Å². The summed E-state index contributed by atoms with van der Waals surface area (Å²) in [5.41, 5.74) is 1.57. The Balaban J connectivity index is 1.17. The van der Waals surface area contributed by atoms with Crippen LogP contribution in [0.3, 0.4) is 0 Å². The Kier molecular flexibility index (Phi) is 11.7. The molecular formula is C42H70N2O6. The second-order valence-electron chi connectivity index (χ2n) is 19.0. The van der Waals surface area contributed by atoms with Crippen molar-refractivity contribution in [3.63, 3.8) is 0 Å². The third-order valence-electron chi connectivity index (χ3n) is 16.3. The molecule has 0 saturated heterocycles. The molecule has 0 aromatic rings. The van der Waals surface area contributed by atoms with Crippen molar-refractivity contribution in [2.75, 3.05) is 13.1 Å². The summed E-state index contributed by atoms with van der Waals surface area (Å²) in [6.45, 7) is 19.8. The molecule has 0 aromatic carbocycles. The molecule has 0 aromatic heterocycles. The average Bonchev–Trinajstić information content (AvgIpc) is 3.44. The lowest BCUT2D eigenvalue weighted by Crippen LogP contribution is -2.67. The molecule has 2 amide bonds. The average molecular weight is 699 g/mol. The smallest absolute Gasteiger partial charge is 0.306 e. The van der Waals surface area contributed by atoms with Crippen LogP contribution in [-0.2, 0) is 14.4 Å². The number of carbonyl (C=O) groups excluding carboxylic acids is 2. The van der Waals surface area contributed by atoms with Crippen LogP contribution in [0.15, 0.2) is 12.2 Å². The molecule has 0 bridgehead atoms. The summed E-state index contributed by atoms with van der Waals surface area (Å²) in [5.74, 6) is 1.51. The SMILES string of the molecule is C=C(C)[C@@H]1CC[C@]2(C(=O)NCCCCCCCC(=O)NCC(O)CC(=O)O)CC[C@]3(C)[C@H](CCC4[C@@]5(C)CC[C@H](O)C(C)(C)[C@@H]5CC[C@]43C)[C@@H]12. The van der Waals surface area contributed by atoms with Gasteiger partial charge in [0.15, 0.2) is 0 Å². The fraction of sp³-hybridized carbons (Fsp3) is 0.881. The Bertz CT molecular complexity index is 1280. The van der Waals surface area contributed by atoms with Crippen molar-refractivity contribution < 1.29 is 29.7 Å². The number of nitrogens with one attached hydrogen (secondary N) is 2. The first-order valence-corrected chi connectivity index (χ1v) is 20.2. The van der Waals surface area contributed by atoms with Crippen LogP contribution in [0.2, 0.25) is 0 Å². The van der Waals surface area contributed by atoms with Crippen LogP contribution in [0.1, 0.15) is 151 Å². The standard InChI is InChI=1S/C42H70N2O6/c1-27(2)29-16-21-42(37(50)43-24-12-10-8-9-11-13-34(47)44-26-28(45)25-35(48)49)23-22-40(6)30(36(29)42)14-15-32-39(5)19-18-33(46)38(3,4)31(39)17-20-41(32,40)7/h28-33,36,45-46H,1,8-26H2,2-7H3,(H,43,50)(H,44,47)(H,48,49)/t28?,29-,30+,31-,32?,33-,36+,39-,40+,41+,42-/m0/s1. The van der Waals surface area contributed by atoms with Crippen LogP contribution < -0.4 is 10.6 Å². The second kappa shape index (κ2) is 14.8. The second-order valence-corrected chi connectivity index (χ2v) is 19.0. The molecule has 0 heterocycles. The lowest BCUT2D eigenvalue weighted by molar-refractivity contribution is -0.246. The molecular weight excluding hydrogens is 628 g/mol. The topological polar surface area (TPSA) is 136 Å². The first-order valence-electron chi connectivity index (χ1n) is 20.2. The molecule has 8 nitrogen and oxygen atoms in total. The molecule has 0 aliphatic heterocycles. The van der Waals surface area contributed by atoms with Gasteiger partial charge in [-0.25, -0.2) is 0 Å². The highest BCUT2D eigenvalue weighted by Crippen LogP contribution is 2.77. The molecule has 5 rings (SSSR count). The van der Waals surface area contributed by atoms with Gasteiger partial charge in [0.25, 0.3) is 0 Å². The highest BCUT2D eigenvalue weighted by atomic mass is 16.4. The van der Waals surface area contributed by atoms with Gasteiger partial charge in [-0.1, -0.05) is 66.0 Å². The summed E-state index contributed by atoms with van der Waals surface area (Å²) in [5, 5.41) is 35.4. The van der Waals surface area contributed by atoms with E-state index in [4.69, 9.17) is 5.11 Å². The highest BCUT2D eigenvalue weighted by Gasteiger charge is 2.71. The molecule has 0 radical (unpaired) electrons. The summed E-state index contributed by atoms with van der Waals surface area (Å²) < 4.78 is 0. The number of fused-ring (bicyclic) bond motifs is 7. The minimum Gasteiger partial charge on any atom is -0.481 e. The zero-order valence-electron chi connectivity index (χ0n) is 32.2. The van der Waals surface area contributed by atoms with E-state index in [1.807, 2.05) is 0 Å². The van der Waals surface area contributed by atoms with Crippen molar-refractivity contribution >= 4 is 17.8 Å².